The fourth-order valence-corrected chi connectivity index (χ4v) is 1.54. The molecule has 2 rings (SSSR count). The number of hydrogen-bond donors (Lipinski definition) is 1. The van der Waals surface area contributed by atoms with E-state index < -0.39 is 5.97 Å². The van der Waals surface area contributed by atoms with Crippen LogP contribution in [-0.2, 0) is 14.3 Å². The van der Waals surface area contributed by atoms with Gasteiger partial charge >= 0.3 is 5.97 Å². The zero-order valence-electron chi connectivity index (χ0n) is 9.63. The van der Waals surface area contributed by atoms with Crippen LogP contribution in [0.5, 0.6) is 5.95 Å². The van der Waals surface area contributed by atoms with E-state index in [1.165, 1.54) is 12.1 Å². The van der Waals surface area contributed by atoms with Crippen LogP contribution in [0.4, 0.5) is 0 Å². The third-order valence-electron chi connectivity index (χ3n) is 2.48. The number of nitrogens with zero attached hydrogens (tertiary/aromatic N) is 1. The van der Waals surface area contributed by atoms with Crippen molar-refractivity contribution in [2.75, 3.05) is 32.9 Å². The van der Waals surface area contributed by atoms with Crippen LogP contribution in [0.2, 0.25) is 0 Å². The molecule has 0 unspecified atom stereocenters. The van der Waals surface area contributed by atoms with Gasteiger partial charge in [0.25, 0.3) is 11.9 Å². The van der Waals surface area contributed by atoms with Crippen LogP contribution in [0.3, 0.4) is 0 Å². The van der Waals surface area contributed by atoms with E-state index in [2.05, 4.69) is 4.42 Å². The molecule has 0 atom stereocenters. The van der Waals surface area contributed by atoms with Gasteiger partial charge in [0.2, 0.25) is 5.76 Å². The molecule has 7 nitrogen and oxygen atoms in total. The molecule has 0 radical (unpaired) electrons. The highest BCUT2D eigenvalue weighted by Gasteiger charge is 2.19. The molecule has 18 heavy (non-hydrogen) atoms. The zero-order chi connectivity index (χ0) is 13.0. The second-order valence-electron chi connectivity index (χ2n) is 3.71. The molecule has 0 spiro atoms. The monoisotopic (exact) mass is 255 g/mol. The highest BCUT2D eigenvalue weighted by Crippen LogP contribution is 2.14. The highest BCUT2D eigenvalue weighted by atomic mass is 16.6. The molecule has 98 valence electrons. The van der Waals surface area contributed by atoms with E-state index in [1.54, 1.807) is 4.90 Å². The molecule has 1 saturated heterocycles. The van der Waals surface area contributed by atoms with E-state index in [-0.39, 0.29) is 24.2 Å². The first-order chi connectivity index (χ1) is 8.66. The minimum atomic E-state index is -0.781. The van der Waals surface area contributed by atoms with Crippen LogP contribution in [0, 0.1) is 0 Å². The quantitative estimate of drug-likeness (QED) is 0.765. The number of carbonyl (C=O) groups is 2. The first kappa shape index (κ1) is 12.4. The summed E-state index contributed by atoms with van der Waals surface area (Å²) in [7, 11) is 0. The van der Waals surface area contributed by atoms with Crippen molar-refractivity contribution in [3.63, 3.8) is 0 Å². The van der Waals surface area contributed by atoms with Crippen molar-refractivity contribution in [2.45, 2.75) is 0 Å². The average Bonchev–Trinajstić information content (AvgIpc) is 2.83. The van der Waals surface area contributed by atoms with Gasteiger partial charge in [0.15, 0.2) is 6.61 Å². The zero-order valence-corrected chi connectivity index (χ0v) is 9.63. The SMILES string of the molecule is O=C(OCC(=O)N1CCOCC1)c1ccc(O)o1. The first-order valence-corrected chi connectivity index (χ1v) is 5.48. The summed E-state index contributed by atoms with van der Waals surface area (Å²) < 4.78 is 14.5. The van der Waals surface area contributed by atoms with E-state index in [4.69, 9.17) is 14.6 Å². The van der Waals surface area contributed by atoms with Crippen molar-refractivity contribution in [2.24, 2.45) is 0 Å². The second-order valence-corrected chi connectivity index (χ2v) is 3.71. The van der Waals surface area contributed by atoms with Crippen molar-refractivity contribution in [3.05, 3.63) is 17.9 Å². The Bertz CT molecular complexity index is 434. The molecule has 1 amide bonds. The fourth-order valence-electron chi connectivity index (χ4n) is 1.54. The molecule has 0 aliphatic carbocycles. The molecule has 1 fully saturated rings. The summed E-state index contributed by atoms with van der Waals surface area (Å²) in [5.74, 6) is -1.57. The Morgan fingerprint density at radius 3 is 2.67 bits per heavy atom. The first-order valence-electron chi connectivity index (χ1n) is 5.48. The average molecular weight is 255 g/mol. The Labute approximate surface area is 103 Å². The number of ether oxygens (including phenoxy) is 2. The summed E-state index contributed by atoms with van der Waals surface area (Å²) in [6.07, 6.45) is 0. The molecule has 0 aromatic carbocycles. The van der Waals surface area contributed by atoms with Crippen molar-refractivity contribution in [3.8, 4) is 5.95 Å². The van der Waals surface area contributed by atoms with Gasteiger partial charge < -0.3 is 23.9 Å². The lowest BCUT2D eigenvalue weighted by Crippen LogP contribution is -2.42. The topological polar surface area (TPSA) is 89.2 Å². The Balaban J connectivity index is 1.80. The van der Waals surface area contributed by atoms with Gasteiger partial charge in [0.05, 0.1) is 13.2 Å². The van der Waals surface area contributed by atoms with Crippen LogP contribution in [0.25, 0.3) is 0 Å². The van der Waals surface area contributed by atoms with Crippen molar-refractivity contribution in [1.82, 2.24) is 4.90 Å². The summed E-state index contributed by atoms with van der Waals surface area (Å²) in [5.41, 5.74) is 0. The Kier molecular flexibility index (Phi) is 3.83. The summed E-state index contributed by atoms with van der Waals surface area (Å²) in [5, 5.41) is 8.92. The third-order valence-corrected chi connectivity index (χ3v) is 2.48. The van der Waals surface area contributed by atoms with Crippen LogP contribution in [0.15, 0.2) is 16.5 Å². The maximum absolute atomic E-state index is 11.7. The number of hydrogen-bond acceptors (Lipinski definition) is 6. The standard InChI is InChI=1S/C11H13NO6/c13-9(12-3-5-16-6-4-12)7-17-11(15)8-1-2-10(14)18-8/h1-2,14H,3-7H2. The Morgan fingerprint density at radius 2 is 2.06 bits per heavy atom. The van der Waals surface area contributed by atoms with Crippen molar-refractivity contribution >= 4 is 11.9 Å². The van der Waals surface area contributed by atoms with E-state index in [0.29, 0.717) is 26.3 Å². The molecule has 0 bridgehead atoms. The van der Waals surface area contributed by atoms with Crippen LogP contribution >= 0.6 is 0 Å². The summed E-state index contributed by atoms with van der Waals surface area (Å²) in [6.45, 7) is 1.63. The molecule has 1 N–H and O–H groups in total. The highest BCUT2D eigenvalue weighted by molar-refractivity contribution is 5.89. The number of esters is 1. The van der Waals surface area contributed by atoms with Gasteiger partial charge in [-0.05, 0) is 6.07 Å². The number of rotatable bonds is 3. The van der Waals surface area contributed by atoms with Crippen molar-refractivity contribution < 1.29 is 28.6 Å². The lowest BCUT2D eigenvalue weighted by atomic mass is 10.4. The van der Waals surface area contributed by atoms with Crippen LogP contribution in [-0.4, -0.2) is 54.8 Å². The lowest BCUT2D eigenvalue weighted by molar-refractivity contribution is -0.138. The van der Waals surface area contributed by atoms with E-state index >= 15 is 0 Å². The second kappa shape index (κ2) is 5.54. The fraction of sp³-hybridized carbons (Fsp3) is 0.455. The number of aromatic hydroxyl groups is 1. The van der Waals surface area contributed by atoms with Crippen LogP contribution in [0.1, 0.15) is 10.6 Å². The molecule has 0 saturated carbocycles. The van der Waals surface area contributed by atoms with Gasteiger partial charge in [-0.1, -0.05) is 0 Å². The minimum absolute atomic E-state index is 0.137. The maximum atomic E-state index is 11.7. The largest absolute Gasteiger partial charge is 0.481 e. The summed E-state index contributed by atoms with van der Waals surface area (Å²) in [4.78, 5) is 24.6. The molecular formula is C11H13NO6. The van der Waals surface area contributed by atoms with Crippen molar-refractivity contribution in [1.29, 1.82) is 0 Å². The lowest BCUT2D eigenvalue weighted by Gasteiger charge is -2.26. The molecule has 1 aromatic rings. The van der Waals surface area contributed by atoms with Crippen LogP contribution < -0.4 is 0 Å². The predicted molar refractivity (Wildman–Crippen MR) is 58.1 cm³/mol. The smallest absolute Gasteiger partial charge is 0.374 e. The third kappa shape index (κ3) is 3.01. The molecule has 7 heteroatoms. The van der Waals surface area contributed by atoms with Gasteiger partial charge in [-0.15, -0.1) is 0 Å². The maximum Gasteiger partial charge on any atom is 0.374 e. The molecule has 1 aliphatic rings. The van der Waals surface area contributed by atoms with Gasteiger partial charge in [0.1, 0.15) is 0 Å². The predicted octanol–water partition coefficient (Wildman–Crippen LogP) is 0.000800. The van der Waals surface area contributed by atoms with Gasteiger partial charge in [-0.3, -0.25) is 4.79 Å². The molecule has 1 aromatic heterocycles. The molecular weight excluding hydrogens is 242 g/mol. The Morgan fingerprint density at radius 1 is 1.33 bits per heavy atom. The van der Waals surface area contributed by atoms with E-state index in [0.717, 1.165) is 0 Å². The van der Waals surface area contributed by atoms with E-state index in [9.17, 15) is 9.59 Å². The Hall–Kier alpha value is -2.02. The number of carbonyl (C=O) groups excluding carboxylic acids is 2. The molecule has 1 aliphatic heterocycles. The number of amides is 1. The molecule has 2 heterocycles. The minimum Gasteiger partial charge on any atom is -0.481 e. The summed E-state index contributed by atoms with van der Waals surface area (Å²) in [6, 6.07) is 2.50. The summed E-state index contributed by atoms with van der Waals surface area (Å²) >= 11 is 0. The number of morpholine rings is 1. The van der Waals surface area contributed by atoms with Gasteiger partial charge in [-0.25, -0.2) is 4.79 Å². The van der Waals surface area contributed by atoms with E-state index in [1.807, 2.05) is 0 Å². The van der Waals surface area contributed by atoms with Gasteiger partial charge in [0, 0.05) is 19.2 Å². The van der Waals surface area contributed by atoms with Gasteiger partial charge in [-0.2, -0.15) is 0 Å². The normalized spacial score (nSPS) is 15.4. The number of furan rings is 1.